The van der Waals surface area contributed by atoms with Crippen LogP contribution in [-0.4, -0.2) is 33.4 Å². The van der Waals surface area contributed by atoms with Crippen LogP contribution in [0.3, 0.4) is 0 Å². The number of benzene rings is 2. The molecule has 1 aliphatic heterocycles. The first kappa shape index (κ1) is 18.6. The molecule has 1 saturated heterocycles. The minimum atomic E-state index is -2.73. The van der Waals surface area contributed by atoms with Crippen LogP contribution in [0.15, 0.2) is 53.9 Å². The van der Waals surface area contributed by atoms with Crippen LogP contribution < -0.4 is 10.9 Å². The maximum Gasteiger partial charge on any atom is 0.282 e. The Kier molecular flexibility index (Phi) is 4.75. The maximum absolute atomic E-state index is 15.1. The molecule has 1 aromatic heterocycles. The van der Waals surface area contributed by atoms with Crippen LogP contribution in [0.25, 0.3) is 10.9 Å². The molecule has 1 N–H and O–H groups in total. The molecule has 0 spiro atoms. The standard InChI is InChI=1S/C22H18Cl2F2N4O2/c1-12(25)20(31)30-8-7-22(10-30,18-16(26)5-4-15(23)19(18)24)28-13-3-6-17-14(9-13)21(32)29(2)11-27-17/h3-6,9,11,28H,1,7-8,10H2,2H3/i2D3. The first-order valence-corrected chi connectivity index (χ1v) is 10.2. The van der Waals surface area contributed by atoms with E-state index in [0.29, 0.717) is 10.3 Å². The molecule has 1 aliphatic rings. The van der Waals surface area contributed by atoms with Crippen LogP contribution in [0.1, 0.15) is 16.1 Å². The number of rotatable bonds is 4. The number of carbonyl (C=O) groups excluding carboxylic acids is 1. The summed E-state index contributed by atoms with van der Waals surface area (Å²) in [7, 11) is 0. The van der Waals surface area contributed by atoms with Crippen LogP contribution in [0.5, 0.6) is 0 Å². The van der Waals surface area contributed by atoms with Crippen molar-refractivity contribution in [2.75, 3.05) is 18.4 Å². The van der Waals surface area contributed by atoms with E-state index in [2.05, 4.69) is 16.9 Å². The third-order valence-electron chi connectivity index (χ3n) is 5.45. The Morgan fingerprint density at radius 2 is 2.12 bits per heavy atom. The molecule has 0 aliphatic carbocycles. The van der Waals surface area contributed by atoms with Gasteiger partial charge in [-0.25, -0.2) is 13.8 Å². The summed E-state index contributed by atoms with van der Waals surface area (Å²) in [5.74, 6) is -2.82. The normalized spacial score (nSPS) is 20.0. The van der Waals surface area contributed by atoms with Gasteiger partial charge >= 0.3 is 0 Å². The SMILES string of the molecule is [2H]C([2H])([2H])n1cnc2ccc(NC3(c4c(F)ccc(Cl)c4Cl)CCN(C(=O)C(=C)F)C3)cc2c1=O. The number of likely N-dealkylation sites (tertiary alicyclic amines) is 1. The van der Waals surface area contributed by atoms with E-state index < -0.39 is 35.6 Å². The van der Waals surface area contributed by atoms with Gasteiger partial charge in [0.1, 0.15) is 5.82 Å². The van der Waals surface area contributed by atoms with Crippen molar-refractivity contribution in [3.63, 3.8) is 0 Å². The summed E-state index contributed by atoms with van der Waals surface area (Å²) < 4.78 is 51.8. The molecule has 166 valence electrons. The van der Waals surface area contributed by atoms with E-state index >= 15 is 4.39 Å². The Labute approximate surface area is 196 Å². The molecule has 1 atom stereocenters. The van der Waals surface area contributed by atoms with E-state index in [1.807, 2.05) is 0 Å². The quantitative estimate of drug-likeness (QED) is 0.442. The highest BCUT2D eigenvalue weighted by Crippen LogP contribution is 2.43. The number of anilines is 1. The number of nitrogens with zero attached hydrogens (tertiary/aromatic N) is 3. The fraction of sp³-hybridized carbons (Fsp3) is 0.227. The summed E-state index contributed by atoms with van der Waals surface area (Å²) in [5, 5.41) is 3.13. The highest BCUT2D eigenvalue weighted by atomic mass is 35.5. The summed E-state index contributed by atoms with van der Waals surface area (Å²) in [6, 6.07) is 6.85. The molecule has 1 fully saturated rings. The van der Waals surface area contributed by atoms with E-state index in [1.54, 1.807) is 6.07 Å². The molecule has 4 rings (SSSR count). The summed E-state index contributed by atoms with van der Waals surface area (Å²) in [5.41, 5.74) is -1.63. The number of carbonyl (C=O) groups is 1. The first-order valence-electron chi connectivity index (χ1n) is 10.9. The third kappa shape index (κ3) is 3.73. The van der Waals surface area contributed by atoms with E-state index in [9.17, 15) is 14.0 Å². The largest absolute Gasteiger partial charge is 0.374 e. The molecule has 0 saturated carbocycles. The molecule has 0 bridgehead atoms. The van der Waals surface area contributed by atoms with Crippen LogP contribution in [-0.2, 0) is 17.3 Å². The predicted octanol–water partition coefficient (Wildman–Crippen LogP) is 4.40. The second-order valence-corrected chi connectivity index (χ2v) is 8.24. The van der Waals surface area contributed by atoms with Gasteiger partial charge in [-0.1, -0.05) is 29.8 Å². The van der Waals surface area contributed by atoms with Crippen molar-refractivity contribution in [3.8, 4) is 0 Å². The van der Waals surface area contributed by atoms with Gasteiger partial charge in [0, 0.05) is 35.4 Å². The van der Waals surface area contributed by atoms with Crippen molar-refractivity contribution >= 4 is 45.7 Å². The third-order valence-corrected chi connectivity index (χ3v) is 6.26. The summed E-state index contributed by atoms with van der Waals surface area (Å²) in [6.45, 7) is 0.171. The van der Waals surface area contributed by atoms with E-state index in [4.69, 9.17) is 27.3 Å². The number of nitrogens with one attached hydrogen (secondary N) is 1. The average molecular weight is 482 g/mol. The molecule has 10 heteroatoms. The van der Waals surface area contributed by atoms with E-state index in [-0.39, 0.29) is 46.0 Å². The number of hydrogen-bond acceptors (Lipinski definition) is 4. The Morgan fingerprint density at radius 3 is 2.84 bits per heavy atom. The molecule has 1 amide bonds. The zero-order valence-corrected chi connectivity index (χ0v) is 18.0. The minimum Gasteiger partial charge on any atom is -0.374 e. The number of amides is 1. The minimum absolute atomic E-state index is 0.00417. The van der Waals surface area contributed by atoms with Gasteiger partial charge in [-0.05, 0) is 36.8 Å². The predicted molar refractivity (Wildman–Crippen MR) is 120 cm³/mol. The molecule has 2 aromatic carbocycles. The lowest BCUT2D eigenvalue weighted by Gasteiger charge is -2.33. The fourth-order valence-corrected chi connectivity index (χ4v) is 4.46. The topological polar surface area (TPSA) is 67.2 Å². The average Bonchev–Trinajstić information content (AvgIpc) is 3.20. The lowest BCUT2D eigenvalue weighted by atomic mass is 9.87. The van der Waals surface area contributed by atoms with Crippen LogP contribution in [0, 0.1) is 5.82 Å². The van der Waals surface area contributed by atoms with Gasteiger partial charge in [0.05, 0.1) is 32.8 Å². The van der Waals surface area contributed by atoms with Crippen molar-refractivity contribution in [2.24, 2.45) is 6.98 Å². The van der Waals surface area contributed by atoms with Gasteiger partial charge < -0.3 is 14.8 Å². The van der Waals surface area contributed by atoms with Crippen LogP contribution >= 0.6 is 23.2 Å². The molecule has 6 nitrogen and oxygen atoms in total. The zero-order valence-electron chi connectivity index (χ0n) is 19.5. The van der Waals surface area contributed by atoms with Crippen molar-refractivity contribution in [3.05, 3.63) is 80.8 Å². The second kappa shape index (κ2) is 8.18. The van der Waals surface area contributed by atoms with Crippen molar-refractivity contribution in [2.45, 2.75) is 12.0 Å². The molecule has 1 unspecified atom stereocenters. The van der Waals surface area contributed by atoms with Gasteiger partial charge in [-0.2, -0.15) is 0 Å². The number of fused-ring (bicyclic) bond motifs is 1. The molecule has 32 heavy (non-hydrogen) atoms. The van der Waals surface area contributed by atoms with Gasteiger partial charge in [-0.15, -0.1) is 0 Å². The molecule has 0 radical (unpaired) electrons. The lowest BCUT2D eigenvalue weighted by Crippen LogP contribution is -2.41. The van der Waals surface area contributed by atoms with E-state index in [0.717, 1.165) is 17.3 Å². The zero-order chi connectivity index (χ0) is 25.7. The number of aryl methyl sites for hydroxylation is 1. The van der Waals surface area contributed by atoms with Crippen LogP contribution in [0.4, 0.5) is 14.5 Å². The Hall–Kier alpha value is -2.97. The molecular weight excluding hydrogens is 461 g/mol. The van der Waals surface area contributed by atoms with Gasteiger partial charge in [-0.3, -0.25) is 9.59 Å². The fourth-order valence-electron chi connectivity index (χ4n) is 3.97. The summed E-state index contributed by atoms with van der Waals surface area (Å²) >= 11 is 12.5. The smallest absolute Gasteiger partial charge is 0.282 e. The monoisotopic (exact) mass is 481 g/mol. The van der Waals surface area contributed by atoms with E-state index in [1.165, 1.54) is 18.2 Å². The highest BCUT2D eigenvalue weighted by molar-refractivity contribution is 6.42. The Morgan fingerprint density at radius 1 is 1.34 bits per heavy atom. The van der Waals surface area contributed by atoms with Gasteiger partial charge in [0.15, 0.2) is 5.83 Å². The van der Waals surface area contributed by atoms with Crippen molar-refractivity contribution in [1.29, 1.82) is 0 Å². The maximum atomic E-state index is 15.1. The van der Waals surface area contributed by atoms with Gasteiger partial charge in [0.25, 0.3) is 11.5 Å². The summed E-state index contributed by atoms with van der Waals surface area (Å²) in [6.07, 6.45) is 1.06. The summed E-state index contributed by atoms with van der Waals surface area (Å²) in [4.78, 5) is 30.3. The van der Waals surface area contributed by atoms with Crippen LogP contribution in [0.2, 0.25) is 10.0 Å². The Bertz CT molecular complexity index is 1430. The van der Waals surface area contributed by atoms with Gasteiger partial charge in [0.2, 0.25) is 0 Å². The van der Waals surface area contributed by atoms with Crippen molar-refractivity contribution in [1.82, 2.24) is 14.5 Å². The molecule has 2 heterocycles. The Balaban J connectivity index is 1.85. The second-order valence-electron chi connectivity index (χ2n) is 7.46. The molecule has 3 aromatic rings. The lowest BCUT2D eigenvalue weighted by molar-refractivity contribution is -0.127. The number of hydrogen-bond donors (Lipinski definition) is 1. The number of halogens is 4. The van der Waals surface area contributed by atoms with Crippen molar-refractivity contribution < 1.29 is 17.7 Å². The number of aromatic nitrogens is 2. The molecular formula is C22H18Cl2F2N4O2. The highest BCUT2D eigenvalue weighted by Gasteiger charge is 2.45. The first-order chi connectivity index (χ1) is 16.3.